The van der Waals surface area contributed by atoms with Gasteiger partial charge in [-0.3, -0.25) is 10.1 Å². The van der Waals surface area contributed by atoms with Crippen molar-refractivity contribution in [3.8, 4) is 0 Å². The van der Waals surface area contributed by atoms with Gasteiger partial charge in [-0.2, -0.15) is 11.8 Å². The Morgan fingerprint density at radius 2 is 2.05 bits per heavy atom. The van der Waals surface area contributed by atoms with Crippen molar-refractivity contribution in [1.82, 2.24) is 4.72 Å². The monoisotopic (exact) mass is 353 g/mol. The summed E-state index contributed by atoms with van der Waals surface area (Å²) in [6.45, 7) is 4.28. The lowest BCUT2D eigenvalue weighted by Crippen LogP contribution is -2.39. The number of nitrogen functional groups attached to an aromatic ring is 1. The highest BCUT2D eigenvalue weighted by atomic mass is 32.2. The summed E-state index contributed by atoms with van der Waals surface area (Å²) in [4.78, 5) is 10.0. The number of nitrogens with one attached hydrogen (secondary N) is 1. The van der Waals surface area contributed by atoms with Gasteiger partial charge in [0.2, 0.25) is 10.0 Å². The zero-order valence-electron chi connectivity index (χ0n) is 12.1. The number of anilines is 1. The number of nitrogens with zero attached hydrogens (tertiary/aromatic N) is 1. The molecule has 7 nitrogen and oxygen atoms in total. The van der Waals surface area contributed by atoms with E-state index in [1.54, 1.807) is 11.8 Å². The smallest absolute Gasteiger partial charge is 0.304 e. The Kier molecular flexibility index (Phi) is 6.02. The van der Waals surface area contributed by atoms with Crippen molar-refractivity contribution in [2.24, 2.45) is 0 Å². The van der Waals surface area contributed by atoms with Crippen molar-refractivity contribution >= 4 is 43.8 Å². The van der Waals surface area contributed by atoms with Gasteiger partial charge in [0.05, 0.1) is 4.92 Å². The van der Waals surface area contributed by atoms with Crippen LogP contribution in [0.15, 0.2) is 10.3 Å². The molecule has 0 amide bonds. The van der Waals surface area contributed by atoms with E-state index in [4.69, 9.17) is 5.73 Å². The number of thiophene rings is 1. The van der Waals surface area contributed by atoms with Crippen molar-refractivity contribution in [2.75, 3.05) is 18.5 Å². The highest BCUT2D eigenvalue weighted by Gasteiger charge is 2.30. The van der Waals surface area contributed by atoms with Crippen LogP contribution in [0.3, 0.4) is 0 Å². The predicted octanol–water partition coefficient (Wildman–Crippen LogP) is 2.44. The van der Waals surface area contributed by atoms with Crippen LogP contribution in [-0.4, -0.2) is 30.9 Å². The molecule has 1 aromatic rings. The van der Waals surface area contributed by atoms with E-state index in [-0.39, 0.29) is 26.2 Å². The maximum absolute atomic E-state index is 12.2. The molecule has 120 valence electrons. The average Bonchev–Trinajstić information content (AvgIpc) is 2.84. The number of nitrogens with two attached hydrogens (primary N) is 1. The normalized spacial score (nSPS) is 12.5. The standard InChI is InChI=1S/C11H19N3O4S3/c1-4-11(5-2,19-3)7-13-21(17,18)9-6-8(14(15)16)10(12)20-9/h6,13H,4-5,7,12H2,1-3H3. The van der Waals surface area contributed by atoms with Crippen LogP contribution in [0.2, 0.25) is 0 Å². The summed E-state index contributed by atoms with van der Waals surface area (Å²) in [6, 6.07) is 1.00. The number of rotatable bonds is 8. The fourth-order valence-corrected chi connectivity index (χ4v) is 5.08. The fraction of sp³-hybridized carbons (Fsp3) is 0.636. The minimum atomic E-state index is -3.79. The first-order chi connectivity index (χ1) is 9.71. The first-order valence-electron chi connectivity index (χ1n) is 6.30. The van der Waals surface area contributed by atoms with E-state index < -0.39 is 14.9 Å². The average molecular weight is 353 g/mol. The molecule has 0 saturated heterocycles. The summed E-state index contributed by atoms with van der Waals surface area (Å²) in [5.74, 6) is 0. The molecule has 0 radical (unpaired) electrons. The molecule has 0 atom stereocenters. The van der Waals surface area contributed by atoms with Crippen LogP contribution in [-0.2, 0) is 10.0 Å². The van der Waals surface area contributed by atoms with Crippen LogP contribution in [0, 0.1) is 10.1 Å². The third-order valence-electron chi connectivity index (χ3n) is 3.49. The first kappa shape index (κ1) is 18.2. The molecule has 3 N–H and O–H groups in total. The summed E-state index contributed by atoms with van der Waals surface area (Å²) in [6.07, 6.45) is 3.58. The number of sulfonamides is 1. The Hall–Kier alpha value is -0.840. The second-order valence-electron chi connectivity index (χ2n) is 4.49. The Morgan fingerprint density at radius 3 is 2.43 bits per heavy atom. The van der Waals surface area contributed by atoms with Gasteiger partial charge in [0.15, 0.2) is 5.00 Å². The molecule has 10 heteroatoms. The number of hydrogen-bond acceptors (Lipinski definition) is 7. The highest BCUT2D eigenvalue weighted by molar-refractivity contribution is 8.00. The van der Waals surface area contributed by atoms with Crippen molar-refractivity contribution in [1.29, 1.82) is 0 Å². The van der Waals surface area contributed by atoms with Crippen LogP contribution in [0.1, 0.15) is 26.7 Å². The second-order valence-corrected chi connectivity index (χ2v) is 8.84. The van der Waals surface area contributed by atoms with Crippen molar-refractivity contribution in [2.45, 2.75) is 35.6 Å². The van der Waals surface area contributed by atoms with E-state index in [1.807, 2.05) is 20.1 Å². The number of thioether (sulfide) groups is 1. The molecule has 1 heterocycles. The van der Waals surface area contributed by atoms with E-state index in [0.717, 1.165) is 18.9 Å². The van der Waals surface area contributed by atoms with Gasteiger partial charge < -0.3 is 5.73 Å². The Bertz CT molecular complexity index is 600. The van der Waals surface area contributed by atoms with Gasteiger partial charge in [-0.05, 0) is 19.1 Å². The molecular weight excluding hydrogens is 334 g/mol. The molecule has 0 bridgehead atoms. The van der Waals surface area contributed by atoms with Gasteiger partial charge in [0, 0.05) is 17.4 Å². The summed E-state index contributed by atoms with van der Waals surface area (Å²) < 4.78 is 26.7. The van der Waals surface area contributed by atoms with Crippen LogP contribution >= 0.6 is 23.1 Å². The lowest BCUT2D eigenvalue weighted by molar-refractivity contribution is -0.383. The van der Waals surface area contributed by atoms with Crippen LogP contribution in [0.5, 0.6) is 0 Å². The first-order valence-corrected chi connectivity index (χ1v) is 9.82. The van der Waals surface area contributed by atoms with E-state index in [0.29, 0.717) is 11.3 Å². The minimum absolute atomic E-state index is 0.109. The Balaban J connectivity index is 2.97. The Labute approximate surface area is 132 Å². The maximum atomic E-state index is 12.2. The molecule has 0 aromatic carbocycles. The molecule has 21 heavy (non-hydrogen) atoms. The molecule has 0 saturated carbocycles. The van der Waals surface area contributed by atoms with Crippen molar-refractivity contribution in [3.05, 3.63) is 16.2 Å². The SMILES string of the molecule is CCC(CC)(CNS(=O)(=O)c1cc([N+](=O)[O-])c(N)s1)SC. The lowest BCUT2D eigenvalue weighted by atomic mass is 10.0. The quantitative estimate of drug-likeness (QED) is 0.548. The van der Waals surface area contributed by atoms with Crippen LogP contribution in [0.25, 0.3) is 0 Å². The molecule has 1 aromatic heterocycles. The molecule has 0 spiro atoms. The Morgan fingerprint density at radius 1 is 1.48 bits per heavy atom. The molecule has 0 aliphatic rings. The molecule has 0 aliphatic carbocycles. The van der Waals surface area contributed by atoms with Gasteiger partial charge in [0.1, 0.15) is 4.21 Å². The zero-order chi connectivity index (χ0) is 16.3. The van der Waals surface area contributed by atoms with E-state index in [2.05, 4.69) is 4.72 Å². The summed E-state index contributed by atoms with van der Waals surface area (Å²) >= 11 is 2.31. The largest absolute Gasteiger partial charge is 0.385 e. The second kappa shape index (κ2) is 6.95. The van der Waals surface area contributed by atoms with Crippen LogP contribution < -0.4 is 10.5 Å². The van der Waals surface area contributed by atoms with Gasteiger partial charge in [0.25, 0.3) is 0 Å². The van der Waals surface area contributed by atoms with Gasteiger partial charge in [-0.15, -0.1) is 0 Å². The third-order valence-corrected chi connectivity index (χ3v) is 7.90. The number of hydrogen-bond donors (Lipinski definition) is 2. The van der Waals surface area contributed by atoms with Gasteiger partial charge in [-0.25, -0.2) is 13.1 Å². The molecule has 0 aliphatic heterocycles. The molecular formula is C11H19N3O4S3. The van der Waals surface area contributed by atoms with E-state index in [1.165, 1.54) is 0 Å². The molecule has 1 rings (SSSR count). The van der Waals surface area contributed by atoms with Gasteiger partial charge >= 0.3 is 5.69 Å². The zero-order valence-corrected chi connectivity index (χ0v) is 14.5. The summed E-state index contributed by atoms with van der Waals surface area (Å²) in [5, 5.41) is 10.6. The van der Waals surface area contributed by atoms with Gasteiger partial charge in [-0.1, -0.05) is 25.2 Å². The fourth-order valence-electron chi connectivity index (χ4n) is 1.81. The summed E-state index contributed by atoms with van der Waals surface area (Å²) in [7, 11) is -3.79. The third kappa shape index (κ3) is 4.09. The van der Waals surface area contributed by atoms with Crippen molar-refractivity contribution < 1.29 is 13.3 Å². The topological polar surface area (TPSA) is 115 Å². The molecule has 0 unspecified atom stereocenters. The summed E-state index contributed by atoms with van der Waals surface area (Å²) in [5.41, 5.74) is 5.11. The predicted molar refractivity (Wildman–Crippen MR) is 87.4 cm³/mol. The minimum Gasteiger partial charge on any atom is -0.385 e. The number of nitro groups is 1. The maximum Gasteiger partial charge on any atom is 0.304 e. The lowest BCUT2D eigenvalue weighted by Gasteiger charge is -2.29. The van der Waals surface area contributed by atoms with E-state index >= 15 is 0 Å². The highest BCUT2D eigenvalue weighted by Crippen LogP contribution is 2.35. The van der Waals surface area contributed by atoms with Crippen LogP contribution in [0.4, 0.5) is 10.7 Å². The van der Waals surface area contributed by atoms with E-state index in [9.17, 15) is 18.5 Å². The van der Waals surface area contributed by atoms with Crippen molar-refractivity contribution in [3.63, 3.8) is 0 Å². The molecule has 0 fully saturated rings.